The zero-order valence-corrected chi connectivity index (χ0v) is 15.5. The molecule has 0 aliphatic rings. The molecule has 4 aromatic rings. The molecule has 0 saturated carbocycles. The highest BCUT2D eigenvalue weighted by Crippen LogP contribution is 2.20. The Kier molecular flexibility index (Phi) is 5.43. The molecule has 0 atom stereocenters. The highest BCUT2D eigenvalue weighted by atomic mass is 16.6. The van der Waals surface area contributed by atoms with Gasteiger partial charge in [0.25, 0.3) is 0 Å². The van der Waals surface area contributed by atoms with Gasteiger partial charge in [-0.15, -0.1) is 0 Å². The number of hydrogen-bond acceptors (Lipinski definition) is 3. The van der Waals surface area contributed by atoms with Crippen molar-refractivity contribution >= 4 is 27.8 Å². The van der Waals surface area contributed by atoms with Crippen LogP contribution in [0.25, 0.3) is 21.7 Å². The Hall–Kier alpha value is -3.47. The summed E-state index contributed by atoms with van der Waals surface area (Å²) in [6.07, 6.45) is 2.30. The molecular weight excluding hydrogens is 352 g/mol. The van der Waals surface area contributed by atoms with Crippen LogP contribution in [0.2, 0.25) is 0 Å². The normalized spacial score (nSPS) is 10.9. The molecule has 0 bridgehead atoms. The summed E-state index contributed by atoms with van der Waals surface area (Å²) < 4.78 is 10.8. The number of nitrogens with one attached hydrogen (secondary N) is 2. The van der Waals surface area contributed by atoms with E-state index in [-0.39, 0.29) is 6.61 Å². The van der Waals surface area contributed by atoms with Crippen LogP contribution < -0.4 is 10.1 Å². The van der Waals surface area contributed by atoms with Crippen LogP contribution in [0, 0.1) is 0 Å². The topological polar surface area (TPSA) is 63.4 Å². The Labute approximate surface area is 163 Å². The second kappa shape index (κ2) is 8.48. The molecule has 1 amide bonds. The molecule has 0 aliphatic heterocycles. The third kappa shape index (κ3) is 4.26. The Balaban J connectivity index is 1.17. The van der Waals surface area contributed by atoms with Gasteiger partial charge in [-0.25, -0.2) is 4.79 Å². The average molecular weight is 374 g/mol. The molecule has 0 saturated heterocycles. The second-order valence-electron chi connectivity index (χ2n) is 6.53. The second-order valence-corrected chi connectivity index (χ2v) is 6.53. The zero-order chi connectivity index (χ0) is 19.2. The van der Waals surface area contributed by atoms with Crippen LogP contribution in [0.1, 0.15) is 5.56 Å². The van der Waals surface area contributed by atoms with E-state index in [0.717, 1.165) is 23.1 Å². The van der Waals surface area contributed by atoms with Gasteiger partial charge >= 0.3 is 6.09 Å². The van der Waals surface area contributed by atoms with E-state index in [4.69, 9.17) is 9.47 Å². The zero-order valence-electron chi connectivity index (χ0n) is 15.5. The summed E-state index contributed by atoms with van der Waals surface area (Å²) >= 11 is 0. The molecule has 28 heavy (non-hydrogen) atoms. The fourth-order valence-electron chi connectivity index (χ4n) is 3.24. The van der Waals surface area contributed by atoms with E-state index < -0.39 is 6.09 Å². The van der Waals surface area contributed by atoms with Crippen LogP contribution in [-0.4, -0.2) is 30.8 Å². The predicted molar refractivity (Wildman–Crippen MR) is 111 cm³/mol. The van der Waals surface area contributed by atoms with Crippen molar-refractivity contribution < 1.29 is 14.3 Å². The smallest absolute Gasteiger partial charge is 0.407 e. The highest BCUT2D eigenvalue weighted by molar-refractivity contribution is 5.84. The van der Waals surface area contributed by atoms with Gasteiger partial charge < -0.3 is 19.8 Å². The van der Waals surface area contributed by atoms with Gasteiger partial charge in [-0.1, -0.05) is 48.5 Å². The Bertz CT molecular complexity index is 1090. The maximum atomic E-state index is 11.8. The first-order valence-corrected chi connectivity index (χ1v) is 9.37. The summed E-state index contributed by atoms with van der Waals surface area (Å²) in [4.78, 5) is 15.1. The van der Waals surface area contributed by atoms with E-state index in [2.05, 4.69) is 22.4 Å². The molecule has 1 heterocycles. The van der Waals surface area contributed by atoms with Crippen LogP contribution in [0.5, 0.6) is 5.75 Å². The van der Waals surface area contributed by atoms with E-state index in [9.17, 15) is 4.79 Å². The summed E-state index contributed by atoms with van der Waals surface area (Å²) in [6.45, 7) is 1.03. The first-order valence-electron chi connectivity index (χ1n) is 9.37. The van der Waals surface area contributed by atoms with Crippen LogP contribution in [0.4, 0.5) is 4.79 Å². The number of alkyl carbamates (subject to hydrolysis) is 1. The van der Waals surface area contributed by atoms with Crippen molar-refractivity contribution in [3.63, 3.8) is 0 Å². The third-order valence-electron chi connectivity index (χ3n) is 4.64. The van der Waals surface area contributed by atoms with E-state index in [1.807, 2.05) is 60.8 Å². The lowest BCUT2D eigenvalue weighted by molar-refractivity contribution is 0.125. The molecule has 0 unspecified atom stereocenters. The molecule has 3 aromatic carbocycles. The van der Waals surface area contributed by atoms with Crippen LogP contribution in [0.15, 0.2) is 72.9 Å². The minimum Gasteiger partial charge on any atom is -0.490 e. The molecule has 2 N–H and O–H groups in total. The standard InChI is InChI=1S/C23H22N2O3/c26-23(24-12-11-19-16-25-22-8-4-3-7-21(19)22)28-14-13-27-20-10-9-17-5-1-2-6-18(17)15-20/h1-10,15-16,25H,11-14H2,(H,24,26). The Morgan fingerprint density at radius 3 is 2.68 bits per heavy atom. The van der Waals surface area contributed by atoms with Crippen molar-refractivity contribution in [3.8, 4) is 5.75 Å². The van der Waals surface area contributed by atoms with Crippen molar-refractivity contribution in [3.05, 3.63) is 78.5 Å². The van der Waals surface area contributed by atoms with E-state index >= 15 is 0 Å². The fraction of sp³-hybridized carbons (Fsp3) is 0.174. The van der Waals surface area contributed by atoms with E-state index in [1.54, 1.807) is 0 Å². The number of amides is 1. The number of aromatic nitrogens is 1. The lowest BCUT2D eigenvalue weighted by Crippen LogP contribution is -2.27. The summed E-state index contributed by atoms with van der Waals surface area (Å²) in [6, 6.07) is 22.1. The average Bonchev–Trinajstić information content (AvgIpc) is 3.14. The molecule has 0 spiro atoms. The maximum Gasteiger partial charge on any atom is 0.407 e. The number of fused-ring (bicyclic) bond motifs is 2. The molecule has 1 aromatic heterocycles. The summed E-state index contributed by atoms with van der Waals surface area (Å²) in [7, 11) is 0. The van der Waals surface area contributed by atoms with Gasteiger partial charge in [-0.3, -0.25) is 0 Å². The first kappa shape index (κ1) is 17.9. The highest BCUT2D eigenvalue weighted by Gasteiger charge is 2.05. The quantitative estimate of drug-likeness (QED) is 0.462. The van der Waals surface area contributed by atoms with Crippen molar-refractivity contribution in [1.29, 1.82) is 0 Å². The van der Waals surface area contributed by atoms with Crippen molar-refractivity contribution in [2.75, 3.05) is 19.8 Å². The lowest BCUT2D eigenvalue weighted by Gasteiger charge is -2.09. The number of ether oxygens (including phenoxy) is 2. The van der Waals surface area contributed by atoms with Crippen LogP contribution in [-0.2, 0) is 11.2 Å². The number of benzene rings is 3. The van der Waals surface area contributed by atoms with Crippen LogP contribution >= 0.6 is 0 Å². The van der Waals surface area contributed by atoms with Gasteiger partial charge in [0.05, 0.1) is 0 Å². The maximum absolute atomic E-state index is 11.8. The van der Waals surface area contributed by atoms with E-state index in [0.29, 0.717) is 13.2 Å². The molecule has 142 valence electrons. The van der Waals surface area contributed by atoms with Gasteiger partial charge in [0.1, 0.15) is 19.0 Å². The van der Waals surface area contributed by atoms with Crippen molar-refractivity contribution in [2.45, 2.75) is 6.42 Å². The monoisotopic (exact) mass is 374 g/mol. The molecular formula is C23H22N2O3. The molecule has 0 radical (unpaired) electrons. The largest absolute Gasteiger partial charge is 0.490 e. The molecule has 4 rings (SSSR count). The number of aromatic amines is 1. The van der Waals surface area contributed by atoms with Crippen molar-refractivity contribution in [2.24, 2.45) is 0 Å². The minimum atomic E-state index is -0.429. The first-order chi connectivity index (χ1) is 13.8. The number of carbonyl (C=O) groups excluding carboxylic acids is 1. The number of carbonyl (C=O) groups is 1. The summed E-state index contributed by atoms with van der Waals surface area (Å²) in [5, 5.41) is 6.25. The lowest BCUT2D eigenvalue weighted by atomic mass is 10.1. The van der Waals surface area contributed by atoms with Gasteiger partial charge in [0.2, 0.25) is 0 Å². The summed E-state index contributed by atoms with van der Waals surface area (Å²) in [5.74, 6) is 0.766. The fourth-order valence-corrected chi connectivity index (χ4v) is 3.24. The number of hydrogen-bond donors (Lipinski definition) is 2. The third-order valence-corrected chi connectivity index (χ3v) is 4.64. The Morgan fingerprint density at radius 2 is 1.75 bits per heavy atom. The number of H-pyrrole nitrogens is 1. The number of para-hydroxylation sites is 1. The predicted octanol–water partition coefficient (Wildman–Crippen LogP) is 4.67. The SMILES string of the molecule is O=C(NCCc1c[nH]c2ccccc12)OCCOc1ccc2ccccc2c1. The van der Waals surface area contributed by atoms with Gasteiger partial charge in [0, 0.05) is 23.6 Å². The molecule has 5 nitrogen and oxygen atoms in total. The molecule has 0 aliphatic carbocycles. The van der Waals surface area contributed by atoms with E-state index in [1.165, 1.54) is 16.3 Å². The van der Waals surface area contributed by atoms with Crippen molar-refractivity contribution in [1.82, 2.24) is 10.3 Å². The van der Waals surface area contributed by atoms with Crippen LogP contribution in [0.3, 0.4) is 0 Å². The van der Waals surface area contributed by atoms with Gasteiger partial charge in [-0.05, 0) is 41.0 Å². The number of rotatable bonds is 7. The molecule has 0 fully saturated rings. The summed E-state index contributed by atoms with van der Waals surface area (Å²) in [5.41, 5.74) is 2.28. The van der Waals surface area contributed by atoms with Gasteiger partial charge in [0.15, 0.2) is 0 Å². The minimum absolute atomic E-state index is 0.200. The van der Waals surface area contributed by atoms with Gasteiger partial charge in [-0.2, -0.15) is 0 Å². The molecule has 5 heteroatoms. The Morgan fingerprint density at radius 1 is 0.929 bits per heavy atom.